The van der Waals surface area contributed by atoms with Crippen LogP contribution < -0.4 is 11.1 Å². The molecule has 0 aromatic carbocycles. The van der Waals surface area contributed by atoms with E-state index in [4.69, 9.17) is 5.73 Å². The maximum absolute atomic E-state index is 11.7. The highest BCUT2D eigenvalue weighted by Gasteiger charge is 2.11. The van der Waals surface area contributed by atoms with Crippen molar-refractivity contribution in [1.82, 2.24) is 10.3 Å². The zero-order valence-corrected chi connectivity index (χ0v) is 11.9. The summed E-state index contributed by atoms with van der Waals surface area (Å²) in [5.41, 5.74) is 5.93. The molecule has 1 rings (SSSR count). The highest BCUT2D eigenvalue weighted by Crippen LogP contribution is 2.09. The summed E-state index contributed by atoms with van der Waals surface area (Å²) in [5, 5.41) is 5.46. The molecule has 0 aliphatic heterocycles. The van der Waals surface area contributed by atoms with Gasteiger partial charge >= 0.3 is 0 Å². The molecule has 0 spiro atoms. The number of hydrogen-bond donors (Lipinski definition) is 2. The van der Waals surface area contributed by atoms with Crippen molar-refractivity contribution in [1.29, 1.82) is 0 Å². The molecule has 1 amide bonds. The standard InChI is InChI=1S/C11H19N3OS.ClH/c1-3-8(4-2)6-13-11(15)9-7-16-10(5-12)14-9;/h7-8H,3-6,12H2,1-2H3,(H,13,15);1H. The fourth-order valence-corrected chi connectivity index (χ4v) is 2.07. The highest BCUT2D eigenvalue weighted by molar-refractivity contribution is 7.09. The van der Waals surface area contributed by atoms with Crippen LogP contribution in [0.1, 0.15) is 42.2 Å². The monoisotopic (exact) mass is 277 g/mol. The van der Waals surface area contributed by atoms with Gasteiger partial charge in [0.05, 0.1) is 0 Å². The van der Waals surface area contributed by atoms with Crippen LogP contribution in [-0.2, 0) is 6.54 Å². The molecule has 0 saturated carbocycles. The van der Waals surface area contributed by atoms with Crippen molar-refractivity contribution in [3.05, 3.63) is 16.1 Å². The molecule has 98 valence electrons. The molecule has 0 atom stereocenters. The normalized spacial score (nSPS) is 10.1. The van der Waals surface area contributed by atoms with E-state index >= 15 is 0 Å². The van der Waals surface area contributed by atoms with Gasteiger partial charge in [-0.1, -0.05) is 26.7 Å². The van der Waals surface area contributed by atoms with Crippen molar-refractivity contribution < 1.29 is 4.79 Å². The lowest BCUT2D eigenvalue weighted by atomic mass is 10.0. The Bertz CT molecular complexity index is 339. The molecular formula is C11H20ClN3OS. The molecule has 0 aliphatic rings. The van der Waals surface area contributed by atoms with Crippen LogP contribution in [0.5, 0.6) is 0 Å². The number of nitrogens with zero attached hydrogens (tertiary/aromatic N) is 1. The second kappa shape index (κ2) is 8.44. The fraction of sp³-hybridized carbons (Fsp3) is 0.636. The number of halogens is 1. The summed E-state index contributed by atoms with van der Waals surface area (Å²) in [6.45, 7) is 5.39. The van der Waals surface area contributed by atoms with E-state index in [0.717, 1.165) is 24.4 Å². The number of nitrogens with two attached hydrogens (primary N) is 1. The summed E-state index contributed by atoms with van der Waals surface area (Å²) < 4.78 is 0. The number of nitrogens with one attached hydrogen (secondary N) is 1. The number of thiazole rings is 1. The molecule has 4 nitrogen and oxygen atoms in total. The molecular weight excluding hydrogens is 258 g/mol. The van der Waals surface area contributed by atoms with Crippen molar-refractivity contribution in [2.75, 3.05) is 6.54 Å². The number of carbonyl (C=O) groups excluding carboxylic acids is 1. The number of aromatic nitrogens is 1. The smallest absolute Gasteiger partial charge is 0.270 e. The average Bonchev–Trinajstić information content (AvgIpc) is 2.78. The average molecular weight is 278 g/mol. The van der Waals surface area contributed by atoms with Gasteiger partial charge in [0, 0.05) is 18.5 Å². The molecule has 0 unspecified atom stereocenters. The second-order valence-corrected chi connectivity index (χ2v) is 4.67. The maximum Gasteiger partial charge on any atom is 0.270 e. The van der Waals surface area contributed by atoms with Crippen molar-refractivity contribution >= 4 is 29.7 Å². The number of carbonyl (C=O) groups is 1. The minimum absolute atomic E-state index is 0. The Morgan fingerprint density at radius 2 is 2.18 bits per heavy atom. The minimum Gasteiger partial charge on any atom is -0.350 e. The molecule has 1 heterocycles. The Morgan fingerprint density at radius 1 is 1.53 bits per heavy atom. The number of amides is 1. The second-order valence-electron chi connectivity index (χ2n) is 3.72. The van der Waals surface area contributed by atoms with Crippen LogP contribution >= 0.6 is 23.7 Å². The lowest BCUT2D eigenvalue weighted by Crippen LogP contribution is -2.29. The predicted molar refractivity (Wildman–Crippen MR) is 73.7 cm³/mol. The van der Waals surface area contributed by atoms with Crippen LogP contribution in [0.25, 0.3) is 0 Å². The van der Waals surface area contributed by atoms with Crippen LogP contribution in [0, 0.1) is 5.92 Å². The van der Waals surface area contributed by atoms with Crippen LogP contribution in [0.15, 0.2) is 5.38 Å². The van der Waals surface area contributed by atoms with Gasteiger partial charge in [-0.25, -0.2) is 4.98 Å². The Hall–Kier alpha value is -0.650. The van der Waals surface area contributed by atoms with Gasteiger partial charge in [0.25, 0.3) is 5.91 Å². The Kier molecular flexibility index (Phi) is 8.12. The van der Waals surface area contributed by atoms with Gasteiger partial charge in [-0.2, -0.15) is 0 Å². The van der Waals surface area contributed by atoms with Gasteiger partial charge < -0.3 is 11.1 Å². The van der Waals surface area contributed by atoms with E-state index in [-0.39, 0.29) is 18.3 Å². The van der Waals surface area contributed by atoms with E-state index in [2.05, 4.69) is 24.1 Å². The minimum atomic E-state index is -0.0946. The zero-order chi connectivity index (χ0) is 12.0. The van der Waals surface area contributed by atoms with Gasteiger partial charge in [0.15, 0.2) is 0 Å². The molecule has 1 aromatic heterocycles. The first-order valence-corrected chi connectivity index (χ1v) is 6.51. The topological polar surface area (TPSA) is 68.0 Å². The van der Waals surface area contributed by atoms with E-state index in [1.54, 1.807) is 5.38 Å². The first-order chi connectivity index (χ1) is 7.71. The Morgan fingerprint density at radius 3 is 2.65 bits per heavy atom. The quantitative estimate of drug-likeness (QED) is 0.837. The third-order valence-corrected chi connectivity index (χ3v) is 3.54. The summed E-state index contributed by atoms with van der Waals surface area (Å²) in [6.07, 6.45) is 2.17. The van der Waals surface area contributed by atoms with Gasteiger partial charge in [0.1, 0.15) is 10.7 Å². The lowest BCUT2D eigenvalue weighted by molar-refractivity contribution is 0.0942. The van der Waals surface area contributed by atoms with E-state index < -0.39 is 0 Å². The third-order valence-electron chi connectivity index (χ3n) is 2.67. The summed E-state index contributed by atoms with van der Waals surface area (Å²) in [4.78, 5) is 15.8. The van der Waals surface area contributed by atoms with Crippen LogP contribution in [0.3, 0.4) is 0 Å². The zero-order valence-electron chi connectivity index (χ0n) is 10.2. The fourth-order valence-electron chi connectivity index (χ4n) is 1.41. The predicted octanol–water partition coefficient (Wildman–Crippen LogP) is 2.19. The molecule has 6 heteroatoms. The number of rotatable bonds is 6. The molecule has 1 aromatic rings. The van der Waals surface area contributed by atoms with Crippen LogP contribution in [0.4, 0.5) is 0 Å². The van der Waals surface area contributed by atoms with Gasteiger partial charge in [-0.15, -0.1) is 23.7 Å². The third kappa shape index (κ3) is 5.02. The summed E-state index contributed by atoms with van der Waals surface area (Å²) in [7, 11) is 0. The molecule has 0 bridgehead atoms. The molecule has 0 fully saturated rings. The van der Waals surface area contributed by atoms with Gasteiger partial charge in [-0.3, -0.25) is 4.79 Å². The van der Waals surface area contributed by atoms with Gasteiger partial charge in [-0.05, 0) is 5.92 Å². The van der Waals surface area contributed by atoms with E-state index in [1.807, 2.05) is 0 Å². The highest BCUT2D eigenvalue weighted by atomic mass is 35.5. The molecule has 3 N–H and O–H groups in total. The molecule has 0 radical (unpaired) electrons. The lowest BCUT2D eigenvalue weighted by Gasteiger charge is -2.12. The molecule has 0 aliphatic carbocycles. The van der Waals surface area contributed by atoms with Crippen molar-refractivity contribution in [3.63, 3.8) is 0 Å². The van der Waals surface area contributed by atoms with Crippen molar-refractivity contribution in [2.45, 2.75) is 33.2 Å². The van der Waals surface area contributed by atoms with E-state index in [9.17, 15) is 4.79 Å². The number of hydrogen-bond acceptors (Lipinski definition) is 4. The summed E-state index contributed by atoms with van der Waals surface area (Å²) in [6, 6.07) is 0. The van der Waals surface area contributed by atoms with Crippen molar-refractivity contribution in [3.8, 4) is 0 Å². The van der Waals surface area contributed by atoms with E-state index in [1.165, 1.54) is 11.3 Å². The Labute approximate surface area is 112 Å². The first kappa shape index (κ1) is 16.4. The SMILES string of the molecule is CCC(CC)CNC(=O)c1csc(CN)n1.Cl. The summed E-state index contributed by atoms with van der Waals surface area (Å²) in [5.74, 6) is 0.458. The van der Waals surface area contributed by atoms with E-state index in [0.29, 0.717) is 18.2 Å². The Balaban J connectivity index is 0.00000256. The van der Waals surface area contributed by atoms with Gasteiger partial charge in [0.2, 0.25) is 0 Å². The largest absolute Gasteiger partial charge is 0.350 e. The van der Waals surface area contributed by atoms with Crippen LogP contribution in [-0.4, -0.2) is 17.4 Å². The molecule has 17 heavy (non-hydrogen) atoms. The molecule has 0 saturated heterocycles. The van der Waals surface area contributed by atoms with Crippen molar-refractivity contribution in [2.24, 2.45) is 11.7 Å². The van der Waals surface area contributed by atoms with Crippen LogP contribution in [0.2, 0.25) is 0 Å². The summed E-state index contributed by atoms with van der Waals surface area (Å²) >= 11 is 1.43. The first-order valence-electron chi connectivity index (χ1n) is 5.63. The maximum atomic E-state index is 11.7.